The van der Waals surface area contributed by atoms with Crippen molar-refractivity contribution in [2.24, 2.45) is 5.92 Å². The van der Waals surface area contributed by atoms with Crippen molar-refractivity contribution in [2.75, 3.05) is 6.54 Å². The van der Waals surface area contributed by atoms with E-state index >= 15 is 0 Å². The van der Waals surface area contributed by atoms with E-state index in [1.807, 2.05) is 31.2 Å². The summed E-state index contributed by atoms with van der Waals surface area (Å²) in [5, 5.41) is 11.9. The normalized spacial score (nSPS) is 17.1. The molecule has 9 heteroatoms. The fourth-order valence-corrected chi connectivity index (χ4v) is 3.92. The van der Waals surface area contributed by atoms with Crippen LogP contribution in [0.15, 0.2) is 43.0 Å². The molecule has 2 heterocycles. The molecule has 1 aromatic heterocycles. The minimum atomic E-state index is -0.788. The standard InChI is InChI=1S/C24H31N5O4/c1-3-5-9-18(27-24(33)19-13-15-8-6-7-10-17(15)26-19)23(32)29-20(28-21(30)4-2)14-16-11-12-25-22(16)31/h4,6-8,10,13,16,18,20,26H,2-3,5,9,11-12,14H2,1H3,(H,25,31)(H,27,33)(H,28,30)(H,29,32)/t16-,18-,20-/m0/s1. The molecule has 33 heavy (non-hydrogen) atoms. The Kier molecular flexibility index (Phi) is 8.23. The van der Waals surface area contributed by atoms with Crippen molar-refractivity contribution in [1.29, 1.82) is 0 Å². The largest absolute Gasteiger partial charge is 0.356 e. The number of unbranched alkanes of at least 4 members (excludes halogenated alkanes) is 1. The lowest BCUT2D eigenvalue weighted by molar-refractivity contribution is -0.127. The van der Waals surface area contributed by atoms with Gasteiger partial charge >= 0.3 is 0 Å². The Morgan fingerprint density at radius 1 is 1.21 bits per heavy atom. The van der Waals surface area contributed by atoms with Gasteiger partial charge in [-0.15, -0.1) is 0 Å². The van der Waals surface area contributed by atoms with Gasteiger partial charge in [0.05, 0.1) is 0 Å². The highest BCUT2D eigenvalue weighted by molar-refractivity contribution is 6.00. The fraction of sp³-hybridized carbons (Fsp3) is 0.417. The molecule has 1 aromatic carbocycles. The number of rotatable bonds is 11. The minimum absolute atomic E-state index is 0.100. The molecule has 9 nitrogen and oxygen atoms in total. The van der Waals surface area contributed by atoms with Crippen molar-refractivity contribution in [3.05, 3.63) is 48.7 Å². The van der Waals surface area contributed by atoms with Gasteiger partial charge in [0.25, 0.3) is 5.91 Å². The van der Waals surface area contributed by atoms with E-state index in [2.05, 4.69) is 32.8 Å². The van der Waals surface area contributed by atoms with Gasteiger partial charge in [0, 0.05) is 23.4 Å². The van der Waals surface area contributed by atoms with Crippen LogP contribution in [0, 0.1) is 5.92 Å². The number of aromatic nitrogens is 1. The lowest BCUT2D eigenvalue weighted by Crippen LogP contribution is -2.55. The van der Waals surface area contributed by atoms with Crippen LogP contribution in [0.2, 0.25) is 0 Å². The number of carbonyl (C=O) groups excluding carboxylic acids is 4. The van der Waals surface area contributed by atoms with Gasteiger partial charge in [0.15, 0.2) is 0 Å². The fourth-order valence-electron chi connectivity index (χ4n) is 3.92. The third kappa shape index (κ3) is 6.44. The highest BCUT2D eigenvalue weighted by Gasteiger charge is 2.30. The Hall–Kier alpha value is -3.62. The van der Waals surface area contributed by atoms with Crippen LogP contribution in [0.4, 0.5) is 0 Å². The third-order valence-corrected chi connectivity index (χ3v) is 5.74. The summed E-state index contributed by atoms with van der Waals surface area (Å²) in [6, 6.07) is 8.49. The molecule has 1 aliphatic heterocycles. The van der Waals surface area contributed by atoms with Crippen LogP contribution in [0.3, 0.4) is 0 Å². The van der Waals surface area contributed by atoms with Gasteiger partial charge in [-0.3, -0.25) is 19.2 Å². The minimum Gasteiger partial charge on any atom is -0.356 e. The molecule has 176 valence electrons. The van der Waals surface area contributed by atoms with Gasteiger partial charge < -0.3 is 26.3 Å². The van der Waals surface area contributed by atoms with Crippen LogP contribution in [-0.2, 0) is 14.4 Å². The molecule has 0 spiro atoms. The number of carbonyl (C=O) groups is 4. The molecule has 2 aromatic rings. The molecule has 1 aliphatic rings. The number of aromatic amines is 1. The second kappa shape index (κ2) is 11.3. The van der Waals surface area contributed by atoms with Gasteiger partial charge in [-0.1, -0.05) is 44.5 Å². The van der Waals surface area contributed by atoms with Crippen LogP contribution in [0.5, 0.6) is 0 Å². The number of hydrogen-bond acceptors (Lipinski definition) is 4. The number of hydrogen-bond donors (Lipinski definition) is 5. The average molecular weight is 454 g/mol. The zero-order valence-electron chi connectivity index (χ0n) is 18.8. The van der Waals surface area contributed by atoms with Crippen molar-refractivity contribution < 1.29 is 19.2 Å². The third-order valence-electron chi connectivity index (χ3n) is 5.74. The van der Waals surface area contributed by atoms with E-state index in [0.717, 1.165) is 29.8 Å². The first-order valence-corrected chi connectivity index (χ1v) is 11.3. The Balaban J connectivity index is 1.70. The second-order valence-corrected chi connectivity index (χ2v) is 8.22. The zero-order chi connectivity index (χ0) is 23.8. The summed E-state index contributed by atoms with van der Waals surface area (Å²) in [6.07, 6.45) is 3.27. The highest BCUT2D eigenvalue weighted by atomic mass is 16.2. The molecular weight excluding hydrogens is 422 g/mol. The maximum absolute atomic E-state index is 13.1. The Morgan fingerprint density at radius 2 is 2.00 bits per heavy atom. The summed E-state index contributed by atoms with van der Waals surface area (Å²) in [7, 11) is 0. The Labute approximate surface area is 192 Å². The van der Waals surface area contributed by atoms with E-state index in [0.29, 0.717) is 25.1 Å². The number of benzene rings is 1. The molecule has 0 aliphatic carbocycles. The van der Waals surface area contributed by atoms with Crippen molar-refractivity contribution in [2.45, 2.75) is 51.2 Å². The molecule has 3 rings (SSSR count). The van der Waals surface area contributed by atoms with E-state index in [1.165, 1.54) is 0 Å². The number of fused-ring (bicyclic) bond motifs is 1. The van der Waals surface area contributed by atoms with E-state index < -0.39 is 24.0 Å². The summed E-state index contributed by atoms with van der Waals surface area (Å²) in [5.41, 5.74) is 1.20. The van der Waals surface area contributed by atoms with Crippen LogP contribution in [0.25, 0.3) is 10.9 Å². The molecular formula is C24H31N5O4. The van der Waals surface area contributed by atoms with E-state index in [4.69, 9.17) is 0 Å². The monoisotopic (exact) mass is 453 g/mol. The van der Waals surface area contributed by atoms with Crippen LogP contribution in [-0.4, -0.2) is 47.4 Å². The van der Waals surface area contributed by atoms with Crippen molar-refractivity contribution in [3.63, 3.8) is 0 Å². The van der Waals surface area contributed by atoms with Gasteiger partial charge in [0.2, 0.25) is 17.7 Å². The number of para-hydroxylation sites is 1. The smallest absolute Gasteiger partial charge is 0.268 e. The molecule has 4 amide bonds. The molecule has 0 bridgehead atoms. The number of nitrogens with one attached hydrogen (secondary N) is 5. The molecule has 1 saturated heterocycles. The molecule has 0 radical (unpaired) electrons. The summed E-state index contributed by atoms with van der Waals surface area (Å²) in [6.45, 7) is 6.01. The Morgan fingerprint density at radius 3 is 2.67 bits per heavy atom. The van der Waals surface area contributed by atoms with Crippen molar-refractivity contribution in [3.8, 4) is 0 Å². The van der Waals surface area contributed by atoms with E-state index in [-0.39, 0.29) is 24.2 Å². The van der Waals surface area contributed by atoms with Gasteiger partial charge in [-0.2, -0.15) is 0 Å². The average Bonchev–Trinajstić information content (AvgIpc) is 3.42. The van der Waals surface area contributed by atoms with E-state index in [1.54, 1.807) is 6.07 Å². The quantitative estimate of drug-likeness (QED) is 0.262. The first-order valence-electron chi connectivity index (χ1n) is 11.3. The van der Waals surface area contributed by atoms with Gasteiger partial charge in [-0.05, 0) is 37.5 Å². The number of H-pyrrole nitrogens is 1. The van der Waals surface area contributed by atoms with Gasteiger partial charge in [0.1, 0.15) is 17.9 Å². The number of amides is 4. The van der Waals surface area contributed by atoms with Crippen LogP contribution >= 0.6 is 0 Å². The first kappa shape index (κ1) is 24.0. The first-order chi connectivity index (χ1) is 15.9. The zero-order valence-corrected chi connectivity index (χ0v) is 18.8. The molecule has 5 N–H and O–H groups in total. The predicted octanol–water partition coefficient (Wildman–Crippen LogP) is 1.73. The summed E-state index contributed by atoms with van der Waals surface area (Å²) >= 11 is 0. The lowest BCUT2D eigenvalue weighted by Gasteiger charge is -2.25. The van der Waals surface area contributed by atoms with Gasteiger partial charge in [-0.25, -0.2) is 0 Å². The second-order valence-electron chi connectivity index (χ2n) is 8.22. The maximum Gasteiger partial charge on any atom is 0.268 e. The molecule has 0 unspecified atom stereocenters. The molecule has 1 fully saturated rings. The van der Waals surface area contributed by atoms with Crippen molar-refractivity contribution in [1.82, 2.24) is 26.3 Å². The summed E-state index contributed by atoms with van der Waals surface area (Å²) in [5.74, 6) is -1.66. The summed E-state index contributed by atoms with van der Waals surface area (Å²) in [4.78, 5) is 52.9. The lowest BCUT2D eigenvalue weighted by atomic mass is 10.0. The maximum atomic E-state index is 13.1. The Bertz CT molecular complexity index is 998. The molecule has 3 atom stereocenters. The van der Waals surface area contributed by atoms with Crippen LogP contribution in [0.1, 0.15) is 49.5 Å². The van der Waals surface area contributed by atoms with Crippen LogP contribution < -0.4 is 21.3 Å². The van der Waals surface area contributed by atoms with E-state index in [9.17, 15) is 19.2 Å². The summed E-state index contributed by atoms with van der Waals surface area (Å²) < 4.78 is 0. The molecule has 0 saturated carbocycles. The SMILES string of the molecule is C=CC(=O)N[C@H](C[C@@H]1CCNC1=O)NC(=O)[C@H](CCCC)NC(=O)c1cc2ccccc2[nH]1. The van der Waals surface area contributed by atoms with Crippen molar-refractivity contribution >= 4 is 34.5 Å². The highest BCUT2D eigenvalue weighted by Crippen LogP contribution is 2.17. The predicted molar refractivity (Wildman–Crippen MR) is 125 cm³/mol. The topological polar surface area (TPSA) is 132 Å².